The summed E-state index contributed by atoms with van der Waals surface area (Å²) in [6.45, 7) is 1.68. The first-order chi connectivity index (χ1) is 23.6. The van der Waals surface area contributed by atoms with Gasteiger partial charge in [0.25, 0.3) is 17.5 Å². The maximum atomic E-state index is 13.7. The summed E-state index contributed by atoms with van der Waals surface area (Å²) in [4.78, 5) is 51.8. The van der Waals surface area contributed by atoms with Crippen LogP contribution in [0.1, 0.15) is 32.3 Å². The van der Waals surface area contributed by atoms with Gasteiger partial charge in [-0.1, -0.05) is 83.9 Å². The second kappa shape index (κ2) is 16.1. The van der Waals surface area contributed by atoms with Gasteiger partial charge in [-0.3, -0.25) is 24.5 Å². The van der Waals surface area contributed by atoms with E-state index in [1.54, 1.807) is 79.7 Å². The van der Waals surface area contributed by atoms with Gasteiger partial charge in [0.05, 0.1) is 4.92 Å². The molecule has 12 heteroatoms. The van der Waals surface area contributed by atoms with Crippen LogP contribution < -0.4 is 16.0 Å². The van der Waals surface area contributed by atoms with Crippen LogP contribution in [-0.2, 0) is 9.59 Å². The topological polar surface area (TPSA) is 130 Å². The predicted octanol–water partition coefficient (Wildman–Crippen LogP) is 9.09. The average molecular weight is 712 g/mol. The number of halogens is 2. The van der Waals surface area contributed by atoms with Crippen molar-refractivity contribution in [3.8, 4) is 0 Å². The molecule has 246 valence electrons. The van der Waals surface area contributed by atoms with Gasteiger partial charge < -0.3 is 16.0 Å². The van der Waals surface area contributed by atoms with E-state index in [4.69, 9.17) is 23.2 Å². The van der Waals surface area contributed by atoms with Crippen LogP contribution in [0.25, 0.3) is 6.08 Å². The molecule has 0 radical (unpaired) electrons. The third-order valence-electron chi connectivity index (χ3n) is 7.18. The molecular formula is C37H28Cl2N4O5S. The van der Waals surface area contributed by atoms with Crippen molar-refractivity contribution in [3.63, 3.8) is 0 Å². The van der Waals surface area contributed by atoms with E-state index < -0.39 is 22.0 Å². The van der Waals surface area contributed by atoms with Gasteiger partial charge in [0.15, 0.2) is 0 Å². The van der Waals surface area contributed by atoms with Crippen molar-refractivity contribution in [2.24, 2.45) is 0 Å². The first-order valence-corrected chi connectivity index (χ1v) is 16.4. The van der Waals surface area contributed by atoms with Gasteiger partial charge in [-0.25, -0.2) is 0 Å². The third kappa shape index (κ3) is 9.14. The molecular weight excluding hydrogens is 683 g/mol. The molecule has 0 saturated carbocycles. The maximum absolute atomic E-state index is 13.7. The minimum absolute atomic E-state index is 0.0732. The first kappa shape index (κ1) is 34.9. The smallest absolute Gasteiger partial charge is 0.272 e. The molecule has 5 rings (SSSR count). The number of amides is 3. The molecule has 0 saturated heterocycles. The van der Waals surface area contributed by atoms with E-state index in [0.29, 0.717) is 43.0 Å². The molecule has 0 aromatic heterocycles. The van der Waals surface area contributed by atoms with Gasteiger partial charge >= 0.3 is 0 Å². The van der Waals surface area contributed by atoms with Crippen LogP contribution >= 0.6 is 35.0 Å². The number of rotatable bonds is 11. The van der Waals surface area contributed by atoms with Crippen LogP contribution in [-0.4, -0.2) is 22.6 Å². The molecule has 0 bridgehead atoms. The minimum Gasteiger partial charge on any atom is -0.325 e. The Hall–Kier alpha value is -5.42. The number of anilines is 2. The lowest BCUT2D eigenvalue weighted by molar-refractivity contribution is -0.384. The molecule has 0 aliphatic carbocycles. The number of carbonyl (C=O) groups is 3. The van der Waals surface area contributed by atoms with Gasteiger partial charge in [-0.2, -0.15) is 0 Å². The van der Waals surface area contributed by atoms with Gasteiger partial charge in [-0.05, 0) is 72.7 Å². The van der Waals surface area contributed by atoms with Gasteiger partial charge in [0.1, 0.15) is 10.9 Å². The van der Waals surface area contributed by atoms with E-state index in [9.17, 15) is 24.5 Å². The van der Waals surface area contributed by atoms with Crippen molar-refractivity contribution in [2.75, 3.05) is 10.6 Å². The fourth-order valence-electron chi connectivity index (χ4n) is 4.72. The summed E-state index contributed by atoms with van der Waals surface area (Å²) in [5.41, 5.74) is 2.66. The van der Waals surface area contributed by atoms with Crippen molar-refractivity contribution >= 4 is 75.8 Å². The van der Waals surface area contributed by atoms with Gasteiger partial charge in [-0.15, -0.1) is 11.8 Å². The number of benzene rings is 5. The van der Waals surface area contributed by atoms with Gasteiger partial charge in [0.2, 0.25) is 5.91 Å². The highest BCUT2D eigenvalue weighted by Crippen LogP contribution is 2.38. The molecule has 0 aliphatic rings. The highest BCUT2D eigenvalue weighted by Gasteiger charge is 2.24. The summed E-state index contributed by atoms with van der Waals surface area (Å²) in [5, 5.41) is 19.4. The Morgan fingerprint density at radius 1 is 0.796 bits per heavy atom. The fourth-order valence-corrected chi connectivity index (χ4v) is 6.31. The second-order valence-corrected chi connectivity index (χ2v) is 12.6. The first-order valence-electron chi connectivity index (χ1n) is 14.8. The number of carbonyl (C=O) groups excluding carboxylic acids is 3. The molecule has 5 aromatic rings. The molecule has 3 amide bonds. The van der Waals surface area contributed by atoms with Crippen molar-refractivity contribution < 1.29 is 19.3 Å². The van der Waals surface area contributed by atoms with Crippen LogP contribution in [0.5, 0.6) is 0 Å². The van der Waals surface area contributed by atoms with Crippen molar-refractivity contribution in [1.82, 2.24) is 5.32 Å². The number of non-ortho nitro benzene ring substituents is 1. The lowest BCUT2D eigenvalue weighted by Gasteiger charge is -2.18. The summed E-state index contributed by atoms with van der Waals surface area (Å²) in [6, 6.07) is 33.7. The second-order valence-electron chi connectivity index (χ2n) is 10.6. The number of thioether (sulfide) groups is 1. The molecule has 9 nitrogen and oxygen atoms in total. The van der Waals surface area contributed by atoms with Crippen molar-refractivity contribution in [2.45, 2.75) is 17.1 Å². The number of nitro groups is 1. The number of hydrogen-bond donors (Lipinski definition) is 3. The maximum Gasteiger partial charge on any atom is 0.272 e. The minimum atomic E-state index is -0.718. The number of aryl methyl sites for hydroxylation is 1. The molecule has 49 heavy (non-hydrogen) atoms. The molecule has 0 aliphatic heterocycles. The Labute approximate surface area is 296 Å². The van der Waals surface area contributed by atoms with E-state index in [-0.39, 0.29) is 17.3 Å². The lowest BCUT2D eigenvalue weighted by atomic mass is 10.1. The largest absolute Gasteiger partial charge is 0.325 e. The van der Waals surface area contributed by atoms with Crippen LogP contribution in [0.3, 0.4) is 0 Å². The van der Waals surface area contributed by atoms with Crippen LogP contribution in [0.2, 0.25) is 10.0 Å². The van der Waals surface area contributed by atoms with Crippen molar-refractivity contribution in [3.05, 3.63) is 169 Å². The third-order valence-corrected chi connectivity index (χ3v) is 9.09. The zero-order chi connectivity index (χ0) is 34.9. The van der Waals surface area contributed by atoms with Gasteiger partial charge in [0, 0.05) is 49.6 Å². The average Bonchev–Trinajstić information content (AvgIpc) is 3.10. The Bertz CT molecular complexity index is 2040. The molecule has 1 unspecified atom stereocenters. The predicted molar refractivity (Wildman–Crippen MR) is 195 cm³/mol. The molecule has 1 atom stereocenters. The highest BCUT2D eigenvalue weighted by molar-refractivity contribution is 8.00. The van der Waals surface area contributed by atoms with E-state index in [2.05, 4.69) is 16.0 Å². The van der Waals surface area contributed by atoms with E-state index in [0.717, 1.165) is 5.56 Å². The van der Waals surface area contributed by atoms with Crippen LogP contribution in [0.15, 0.2) is 132 Å². The summed E-state index contributed by atoms with van der Waals surface area (Å²) in [6.07, 6.45) is 1.41. The van der Waals surface area contributed by atoms with E-state index >= 15 is 0 Å². The van der Waals surface area contributed by atoms with Crippen LogP contribution in [0, 0.1) is 17.0 Å². The summed E-state index contributed by atoms with van der Waals surface area (Å²) in [7, 11) is 0. The molecule has 0 heterocycles. The zero-order valence-electron chi connectivity index (χ0n) is 25.9. The fraction of sp³-hybridized carbons (Fsp3) is 0.0541. The summed E-state index contributed by atoms with van der Waals surface area (Å²) in [5.74, 6) is -1.48. The number of nitrogens with zero attached hydrogens (tertiary/aromatic N) is 1. The lowest BCUT2D eigenvalue weighted by Crippen LogP contribution is -2.30. The SMILES string of the molecule is Cc1cc([N+](=O)[O-])ccc1NC(=O)C(Sc1cccc(NC(=O)/C(=C\c2c(Cl)cccc2Cl)NC(=O)c2ccccc2)c1)c1ccccc1. The normalized spacial score (nSPS) is 11.7. The van der Waals surface area contributed by atoms with Crippen LogP contribution in [0.4, 0.5) is 17.1 Å². The Morgan fingerprint density at radius 2 is 1.45 bits per heavy atom. The zero-order valence-corrected chi connectivity index (χ0v) is 28.2. The Kier molecular flexibility index (Phi) is 11.5. The molecule has 0 spiro atoms. The number of nitro benzene ring substituents is 1. The summed E-state index contributed by atoms with van der Waals surface area (Å²) >= 11 is 14.0. The van der Waals surface area contributed by atoms with Crippen molar-refractivity contribution in [1.29, 1.82) is 0 Å². The standard InChI is InChI=1S/C37H28Cl2N4O5S/c1-23-20-27(43(47)48)18-19-32(23)41-37(46)34(24-10-4-2-5-11-24)49-28-15-8-14-26(21-28)40-36(45)33(22-29-30(38)16-9-17-31(29)39)42-35(44)25-12-6-3-7-13-25/h2-22,34H,1H3,(H,40,45)(H,41,46)(H,42,44)/b33-22+. The molecule has 0 fully saturated rings. The number of nitrogens with one attached hydrogen (secondary N) is 3. The Morgan fingerprint density at radius 3 is 2.10 bits per heavy atom. The Balaban J connectivity index is 1.40. The summed E-state index contributed by atoms with van der Waals surface area (Å²) < 4.78 is 0. The number of hydrogen-bond acceptors (Lipinski definition) is 6. The molecule has 3 N–H and O–H groups in total. The highest BCUT2D eigenvalue weighted by atomic mass is 35.5. The quantitative estimate of drug-likeness (QED) is 0.0543. The van der Waals surface area contributed by atoms with E-state index in [1.807, 2.05) is 30.3 Å². The van der Waals surface area contributed by atoms with E-state index in [1.165, 1.54) is 36.0 Å². The molecule has 5 aromatic carbocycles. The monoisotopic (exact) mass is 710 g/mol.